The highest BCUT2D eigenvalue weighted by Crippen LogP contribution is 2.46. The number of quaternary nitrogens is 1. The number of ether oxygens (including phenoxy) is 1. The number of halogens is 1. The molecule has 0 amide bonds. The van der Waals surface area contributed by atoms with Gasteiger partial charge in [-0.3, -0.25) is 0 Å². The summed E-state index contributed by atoms with van der Waals surface area (Å²) in [6.45, 7) is 2.60. The van der Waals surface area contributed by atoms with E-state index in [1.165, 1.54) is 55.4 Å². The van der Waals surface area contributed by atoms with E-state index in [1.807, 2.05) is 36.4 Å². The molecule has 3 aliphatic rings. The van der Waals surface area contributed by atoms with Gasteiger partial charge in [0.2, 0.25) is 5.60 Å². The number of carbonyl (C=O) groups is 2. The minimum atomic E-state index is -1.78. The maximum absolute atomic E-state index is 13.4. The number of aromatic carboxylic acids is 1. The van der Waals surface area contributed by atoms with E-state index in [0.717, 1.165) is 12.8 Å². The Kier molecular flexibility index (Phi) is 10.6. The maximum atomic E-state index is 13.4. The van der Waals surface area contributed by atoms with E-state index in [1.54, 1.807) is 36.4 Å². The molecule has 41 heavy (non-hydrogen) atoms. The van der Waals surface area contributed by atoms with Gasteiger partial charge in [-0.05, 0) is 35.4 Å². The van der Waals surface area contributed by atoms with Gasteiger partial charge in [0, 0.05) is 44.2 Å². The fourth-order valence-corrected chi connectivity index (χ4v) is 6.93. The molecular formula is C32H39ClN2O6. The standard InChI is InChI=1S/C25H30NO3.C7H7NO2.ClH.H2O/c27-24(25(28,19-9-3-1-4-10-19)20-11-5-2-6-12-20)29-23-17-21-13-14-22(18-23)26(21)15-7-8-16-26;8-6-3-1-5(2-4-6)7(9)10;;/h1-6,9-12,21-23,28H,7-8,13-18H2;1-4H,8H2,(H,9,10);1H;1H2/q+1;;;/p-1/t21-,22+,23?;;;. The molecule has 0 radical (unpaired) electrons. The van der Waals surface area contributed by atoms with Gasteiger partial charge in [-0.15, -0.1) is 0 Å². The van der Waals surface area contributed by atoms with Crippen molar-refractivity contribution >= 4 is 17.6 Å². The fraction of sp³-hybridized carbons (Fsp3) is 0.375. The highest BCUT2D eigenvalue weighted by molar-refractivity contribution is 5.88. The Morgan fingerprint density at radius 1 is 0.805 bits per heavy atom. The topological polar surface area (TPSA) is 141 Å². The van der Waals surface area contributed by atoms with Gasteiger partial charge in [0.25, 0.3) is 0 Å². The second-order valence-corrected chi connectivity index (χ2v) is 11.0. The number of hydrogen-bond donors (Lipinski definition) is 3. The molecule has 2 bridgehead atoms. The lowest BCUT2D eigenvalue weighted by molar-refractivity contribution is -0.956. The number of benzene rings is 3. The van der Waals surface area contributed by atoms with Crippen LogP contribution in [-0.4, -0.2) is 63.4 Å². The van der Waals surface area contributed by atoms with Gasteiger partial charge in [0.05, 0.1) is 30.7 Å². The third kappa shape index (κ3) is 6.41. The summed E-state index contributed by atoms with van der Waals surface area (Å²) >= 11 is 0. The van der Waals surface area contributed by atoms with E-state index in [0.29, 0.717) is 28.9 Å². The van der Waals surface area contributed by atoms with Gasteiger partial charge in [0.15, 0.2) is 0 Å². The van der Waals surface area contributed by atoms with Crippen molar-refractivity contribution in [1.29, 1.82) is 0 Å². The number of carboxylic acids is 1. The van der Waals surface area contributed by atoms with Crippen molar-refractivity contribution in [2.24, 2.45) is 0 Å². The van der Waals surface area contributed by atoms with Gasteiger partial charge in [-0.2, -0.15) is 0 Å². The molecular weight excluding hydrogens is 544 g/mol. The lowest BCUT2D eigenvalue weighted by Gasteiger charge is -2.47. The number of rotatable bonds is 5. The third-order valence-electron chi connectivity index (χ3n) is 8.87. The zero-order chi connectivity index (χ0) is 27.5. The van der Waals surface area contributed by atoms with Crippen molar-refractivity contribution in [2.75, 3.05) is 18.8 Å². The summed E-state index contributed by atoms with van der Waals surface area (Å²) < 4.78 is 7.32. The van der Waals surface area contributed by atoms with Crippen molar-refractivity contribution in [2.45, 2.75) is 62.3 Å². The molecule has 8 nitrogen and oxygen atoms in total. The van der Waals surface area contributed by atoms with E-state index >= 15 is 0 Å². The molecule has 6 N–H and O–H groups in total. The van der Waals surface area contributed by atoms with Crippen LogP contribution >= 0.6 is 0 Å². The molecule has 6 rings (SSSR count). The number of esters is 1. The Labute approximate surface area is 247 Å². The number of nitrogen functional groups attached to an aromatic ring is 1. The quantitative estimate of drug-likeness (QED) is 0.232. The number of carbonyl (C=O) groups excluding carboxylic acids is 1. The minimum Gasteiger partial charge on any atom is -1.00 e. The highest BCUT2D eigenvalue weighted by atomic mass is 35.5. The van der Waals surface area contributed by atoms with Crippen molar-refractivity contribution < 1.29 is 46.9 Å². The molecule has 3 aliphatic heterocycles. The molecule has 0 aromatic heterocycles. The summed E-state index contributed by atoms with van der Waals surface area (Å²) in [5.74, 6) is -1.48. The van der Waals surface area contributed by atoms with Crippen LogP contribution in [0, 0.1) is 0 Å². The summed E-state index contributed by atoms with van der Waals surface area (Å²) in [5.41, 5.74) is 5.50. The molecule has 3 aromatic rings. The minimum absolute atomic E-state index is 0. The van der Waals surface area contributed by atoms with Gasteiger partial charge >= 0.3 is 11.9 Å². The predicted octanol–water partition coefficient (Wildman–Crippen LogP) is 0.916. The Morgan fingerprint density at radius 3 is 1.71 bits per heavy atom. The Balaban J connectivity index is 0.000000330. The molecule has 1 unspecified atom stereocenters. The number of anilines is 1. The number of piperidine rings is 1. The van der Waals surface area contributed by atoms with Crippen molar-refractivity contribution in [1.82, 2.24) is 0 Å². The Bertz CT molecular complexity index is 1230. The lowest BCUT2D eigenvalue weighted by Crippen LogP contribution is -3.00. The normalized spacial score (nSPS) is 21.9. The van der Waals surface area contributed by atoms with Gasteiger partial charge in [-0.1, -0.05) is 60.7 Å². The second-order valence-electron chi connectivity index (χ2n) is 11.0. The lowest BCUT2D eigenvalue weighted by atomic mass is 9.86. The maximum Gasteiger partial charge on any atom is 0.347 e. The molecule has 3 saturated heterocycles. The van der Waals surface area contributed by atoms with E-state index in [2.05, 4.69) is 0 Å². The largest absolute Gasteiger partial charge is 1.00 e. The zero-order valence-electron chi connectivity index (χ0n) is 23.0. The molecule has 3 fully saturated rings. The molecule has 3 heterocycles. The van der Waals surface area contributed by atoms with Crippen LogP contribution in [-0.2, 0) is 15.1 Å². The van der Waals surface area contributed by atoms with E-state index < -0.39 is 17.5 Å². The first-order valence-corrected chi connectivity index (χ1v) is 13.8. The van der Waals surface area contributed by atoms with Crippen LogP contribution in [0.5, 0.6) is 0 Å². The summed E-state index contributed by atoms with van der Waals surface area (Å²) in [6.07, 6.45) is 6.94. The van der Waals surface area contributed by atoms with E-state index in [-0.39, 0.29) is 29.6 Å². The van der Waals surface area contributed by atoms with Crippen molar-refractivity contribution in [3.8, 4) is 0 Å². The number of nitrogens with zero attached hydrogens (tertiary/aromatic N) is 1. The number of nitrogens with two attached hydrogens (primary N) is 1. The predicted molar refractivity (Wildman–Crippen MR) is 152 cm³/mol. The second kappa shape index (κ2) is 13.5. The van der Waals surface area contributed by atoms with Crippen LogP contribution in [0.3, 0.4) is 0 Å². The first kappa shape index (κ1) is 32.1. The Morgan fingerprint density at radius 2 is 1.27 bits per heavy atom. The molecule has 3 atom stereocenters. The summed E-state index contributed by atoms with van der Waals surface area (Å²) in [5, 5.41) is 20.1. The average Bonchev–Trinajstić information content (AvgIpc) is 3.50. The summed E-state index contributed by atoms with van der Waals surface area (Å²) in [7, 11) is 0. The smallest absolute Gasteiger partial charge is 0.347 e. The molecule has 9 heteroatoms. The summed E-state index contributed by atoms with van der Waals surface area (Å²) in [4.78, 5) is 23.7. The van der Waals surface area contributed by atoms with Crippen LogP contribution < -0.4 is 18.1 Å². The molecule has 1 spiro atoms. The number of carboxylic acid groups (broad SMARTS) is 1. The zero-order valence-corrected chi connectivity index (χ0v) is 23.7. The number of hydrogen-bond acceptors (Lipinski definition) is 5. The van der Waals surface area contributed by atoms with E-state index in [4.69, 9.17) is 15.6 Å². The van der Waals surface area contributed by atoms with Crippen LogP contribution in [0.1, 0.15) is 60.0 Å². The first-order chi connectivity index (χ1) is 18.8. The van der Waals surface area contributed by atoms with Crippen molar-refractivity contribution in [3.05, 3.63) is 102 Å². The highest BCUT2D eigenvalue weighted by Gasteiger charge is 2.56. The molecule has 0 saturated carbocycles. The SMILES string of the molecule is Nc1ccc(C(=O)O)cc1.O.O=C(OC1C[C@H]2CC[C@@H](C1)[N+]21CCCC1)C(O)(c1ccccc1)c1ccccc1.[Cl-]. The average molecular weight is 583 g/mol. The summed E-state index contributed by atoms with van der Waals surface area (Å²) in [6, 6.07) is 25.6. The van der Waals surface area contributed by atoms with Crippen LogP contribution in [0.15, 0.2) is 84.9 Å². The fourth-order valence-electron chi connectivity index (χ4n) is 6.93. The van der Waals surface area contributed by atoms with Crippen LogP contribution in [0.2, 0.25) is 0 Å². The Hall–Kier alpha value is -3.43. The molecule has 3 aromatic carbocycles. The van der Waals surface area contributed by atoms with Gasteiger partial charge < -0.3 is 43.0 Å². The molecule has 220 valence electrons. The van der Waals surface area contributed by atoms with Crippen molar-refractivity contribution in [3.63, 3.8) is 0 Å². The van der Waals surface area contributed by atoms with Crippen LogP contribution in [0.4, 0.5) is 5.69 Å². The number of aliphatic hydroxyl groups is 1. The van der Waals surface area contributed by atoms with Gasteiger partial charge in [-0.25, -0.2) is 9.59 Å². The third-order valence-corrected chi connectivity index (χ3v) is 8.87. The monoisotopic (exact) mass is 582 g/mol. The van der Waals surface area contributed by atoms with Gasteiger partial charge in [0.1, 0.15) is 6.10 Å². The first-order valence-electron chi connectivity index (χ1n) is 13.8. The van der Waals surface area contributed by atoms with E-state index in [9.17, 15) is 14.7 Å². The molecule has 0 aliphatic carbocycles. The van der Waals surface area contributed by atoms with Crippen LogP contribution in [0.25, 0.3) is 0 Å².